The number of ether oxygens (including phenoxy) is 1. The molecule has 0 bridgehead atoms. The van der Waals surface area contributed by atoms with Gasteiger partial charge in [0.25, 0.3) is 0 Å². The topological polar surface area (TPSA) is 39.1 Å². The molecule has 0 saturated heterocycles. The molecule has 0 spiro atoms. The smallest absolute Gasteiger partial charge is 0.161 e. The van der Waals surface area contributed by atoms with E-state index in [-0.39, 0.29) is 6.04 Å². The highest BCUT2D eigenvalue weighted by Gasteiger charge is 2.23. The van der Waals surface area contributed by atoms with E-state index in [1.54, 1.807) is 24.6 Å². The van der Waals surface area contributed by atoms with Crippen molar-refractivity contribution in [2.45, 2.75) is 26.4 Å². The maximum atomic E-state index is 5.44. The fourth-order valence-electron chi connectivity index (χ4n) is 2.12. The molecule has 2 aromatic rings. The van der Waals surface area contributed by atoms with Crippen LogP contribution in [-0.4, -0.2) is 23.9 Å². The van der Waals surface area contributed by atoms with Crippen LogP contribution in [0.15, 0.2) is 16.0 Å². The quantitative estimate of drug-likeness (QED) is 0.904. The Labute approximate surface area is 125 Å². The Bertz CT molecular complexity index is 523. The number of methoxy groups -OCH3 is 1. The van der Waals surface area contributed by atoms with Crippen LogP contribution in [0, 0.1) is 6.92 Å². The van der Waals surface area contributed by atoms with Crippen LogP contribution in [0.25, 0.3) is 0 Å². The molecule has 2 rings (SSSR count). The van der Waals surface area contributed by atoms with Crippen molar-refractivity contribution in [3.63, 3.8) is 0 Å². The molecule has 2 heterocycles. The van der Waals surface area contributed by atoms with E-state index in [1.807, 2.05) is 11.7 Å². The first-order valence-electron chi connectivity index (χ1n) is 6.15. The van der Waals surface area contributed by atoms with Crippen LogP contribution in [0.5, 0.6) is 5.75 Å². The maximum Gasteiger partial charge on any atom is 0.161 e. The number of halogens is 1. The summed E-state index contributed by atoms with van der Waals surface area (Å²) in [6.07, 6.45) is 1.78. The van der Waals surface area contributed by atoms with E-state index < -0.39 is 0 Å². The van der Waals surface area contributed by atoms with Crippen LogP contribution in [0.1, 0.15) is 29.1 Å². The first-order chi connectivity index (χ1) is 9.12. The summed E-state index contributed by atoms with van der Waals surface area (Å²) in [5.74, 6) is 0.823. The molecule has 0 aliphatic carbocycles. The fourth-order valence-corrected chi connectivity index (χ4v) is 3.80. The van der Waals surface area contributed by atoms with Gasteiger partial charge in [0.15, 0.2) is 5.75 Å². The van der Waals surface area contributed by atoms with Crippen molar-refractivity contribution in [3.05, 3.63) is 32.2 Å². The minimum Gasteiger partial charge on any atom is -0.493 e. The van der Waals surface area contributed by atoms with Crippen LogP contribution in [0.2, 0.25) is 0 Å². The lowest BCUT2D eigenvalue weighted by Crippen LogP contribution is -2.21. The van der Waals surface area contributed by atoms with Gasteiger partial charge in [0.1, 0.15) is 5.69 Å². The van der Waals surface area contributed by atoms with Crippen molar-refractivity contribution in [2.24, 2.45) is 0 Å². The van der Waals surface area contributed by atoms with Gasteiger partial charge in [-0.3, -0.25) is 4.68 Å². The summed E-state index contributed by atoms with van der Waals surface area (Å²) in [6.45, 7) is 5.01. The van der Waals surface area contributed by atoms with Gasteiger partial charge in [0.2, 0.25) is 0 Å². The van der Waals surface area contributed by atoms with Gasteiger partial charge in [-0.2, -0.15) is 5.10 Å². The van der Waals surface area contributed by atoms with Crippen molar-refractivity contribution >= 4 is 27.3 Å². The SMILES string of the molecule is CCn1ncc(OC)c1C(NC)c1cc(C)c(Br)s1. The van der Waals surface area contributed by atoms with Gasteiger partial charge in [-0.1, -0.05) is 0 Å². The molecule has 104 valence electrons. The van der Waals surface area contributed by atoms with Crippen molar-refractivity contribution in [2.75, 3.05) is 14.2 Å². The molecule has 4 nitrogen and oxygen atoms in total. The fraction of sp³-hybridized carbons (Fsp3) is 0.462. The van der Waals surface area contributed by atoms with E-state index in [0.29, 0.717) is 0 Å². The molecule has 0 amide bonds. The van der Waals surface area contributed by atoms with Crippen LogP contribution in [-0.2, 0) is 6.54 Å². The molecule has 1 N–H and O–H groups in total. The summed E-state index contributed by atoms with van der Waals surface area (Å²) in [6, 6.07) is 2.29. The molecule has 0 aliphatic heterocycles. The first-order valence-corrected chi connectivity index (χ1v) is 7.76. The summed E-state index contributed by atoms with van der Waals surface area (Å²) in [4.78, 5) is 1.25. The van der Waals surface area contributed by atoms with E-state index >= 15 is 0 Å². The summed E-state index contributed by atoms with van der Waals surface area (Å²) in [5, 5.41) is 7.73. The number of nitrogens with zero attached hydrogens (tertiary/aromatic N) is 2. The summed E-state index contributed by atoms with van der Waals surface area (Å²) < 4.78 is 8.58. The summed E-state index contributed by atoms with van der Waals surface area (Å²) in [5.41, 5.74) is 2.32. The molecule has 19 heavy (non-hydrogen) atoms. The van der Waals surface area contributed by atoms with Crippen molar-refractivity contribution in [1.82, 2.24) is 15.1 Å². The van der Waals surface area contributed by atoms with Crippen LogP contribution in [0.3, 0.4) is 0 Å². The second kappa shape index (κ2) is 6.07. The Kier molecular flexibility index (Phi) is 4.65. The number of hydrogen-bond donors (Lipinski definition) is 1. The number of rotatable bonds is 5. The molecule has 0 radical (unpaired) electrons. The molecule has 0 saturated carbocycles. The average Bonchev–Trinajstić information content (AvgIpc) is 2.95. The number of hydrogen-bond acceptors (Lipinski definition) is 4. The summed E-state index contributed by atoms with van der Waals surface area (Å²) >= 11 is 5.33. The van der Waals surface area contributed by atoms with Gasteiger partial charge < -0.3 is 10.1 Å². The predicted molar refractivity (Wildman–Crippen MR) is 82.1 cm³/mol. The van der Waals surface area contributed by atoms with Crippen LogP contribution >= 0.6 is 27.3 Å². The Morgan fingerprint density at radius 2 is 2.32 bits per heavy atom. The van der Waals surface area contributed by atoms with Crippen LogP contribution in [0.4, 0.5) is 0 Å². The molecule has 0 aliphatic rings. The highest BCUT2D eigenvalue weighted by molar-refractivity contribution is 9.11. The number of nitrogens with one attached hydrogen (secondary N) is 1. The third-order valence-corrected chi connectivity index (χ3v) is 5.29. The number of aromatic nitrogens is 2. The Morgan fingerprint density at radius 1 is 1.58 bits per heavy atom. The predicted octanol–water partition coefficient (Wildman–Crippen LogP) is 3.35. The largest absolute Gasteiger partial charge is 0.493 e. The van der Waals surface area contributed by atoms with Crippen molar-refractivity contribution in [3.8, 4) is 5.75 Å². The van der Waals surface area contributed by atoms with Crippen molar-refractivity contribution in [1.29, 1.82) is 0 Å². The Morgan fingerprint density at radius 3 is 2.79 bits per heavy atom. The number of thiophene rings is 1. The third kappa shape index (κ3) is 2.70. The van der Waals surface area contributed by atoms with Crippen LogP contribution < -0.4 is 10.1 Å². The van der Waals surface area contributed by atoms with Crippen molar-refractivity contribution < 1.29 is 4.74 Å². The standard InChI is InChI=1S/C13H18BrN3OS/c1-5-17-12(9(18-4)7-16-17)11(15-3)10-6-8(2)13(14)19-10/h6-7,11,15H,5H2,1-4H3. The zero-order valence-electron chi connectivity index (χ0n) is 11.5. The molecule has 1 atom stereocenters. The van der Waals surface area contributed by atoms with E-state index in [0.717, 1.165) is 18.0 Å². The van der Waals surface area contributed by atoms with Gasteiger partial charge in [-0.05, 0) is 48.5 Å². The highest BCUT2D eigenvalue weighted by Crippen LogP contribution is 2.37. The zero-order valence-corrected chi connectivity index (χ0v) is 13.9. The van der Waals surface area contributed by atoms with E-state index in [9.17, 15) is 0 Å². The molecule has 0 aromatic carbocycles. The van der Waals surface area contributed by atoms with Gasteiger partial charge in [-0.15, -0.1) is 11.3 Å². The second-order valence-electron chi connectivity index (χ2n) is 4.24. The molecular formula is C13H18BrN3OS. The summed E-state index contributed by atoms with van der Waals surface area (Å²) in [7, 11) is 3.64. The zero-order chi connectivity index (χ0) is 14.0. The van der Waals surface area contributed by atoms with E-state index in [4.69, 9.17) is 4.74 Å². The third-order valence-electron chi connectivity index (χ3n) is 3.09. The van der Waals surface area contributed by atoms with Gasteiger partial charge in [0.05, 0.1) is 23.1 Å². The lowest BCUT2D eigenvalue weighted by atomic mass is 10.1. The molecule has 0 fully saturated rings. The minimum atomic E-state index is 0.0902. The highest BCUT2D eigenvalue weighted by atomic mass is 79.9. The number of aryl methyl sites for hydroxylation is 2. The Hall–Kier alpha value is -0.850. The Balaban J connectivity index is 2.49. The average molecular weight is 344 g/mol. The lowest BCUT2D eigenvalue weighted by Gasteiger charge is -2.17. The monoisotopic (exact) mass is 343 g/mol. The minimum absolute atomic E-state index is 0.0902. The molecular weight excluding hydrogens is 326 g/mol. The molecule has 1 unspecified atom stereocenters. The van der Waals surface area contributed by atoms with Gasteiger partial charge in [-0.25, -0.2) is 0 Å². The van der Waals surface area contributed by atoms with E-state index in [2.05, 4.69) is 46.3 Å². The van der Waals surface area contributed by atoms with Gasteiger partial charge in [0, 0.05) is 11.4 Å². The van der Waals surface area contributed by atoms with E-state index in [1.165, 1.54) is 14.2 Å². The molecule has 6 heteroatoms. The first kappa shape index (κ1) is 14.6. The lowest BCUT2D eigenvalue weighted by molar-refractivity contribution is 0.401. The maximum absolute atomic E-state index is 5.44. The van der Waals surface area contributed by atoms with Gasteiger partial charge >= 0.3 is 0 Å². The second-order valence-corrected chi connectivity index (χ2v) is 6.64. The normalized spacial score (nSPS) is 12.7. The molecule has 2 aromatic heterocycles.